The van der Waals surface area contributed by atoms with Gasteiger partial charge in [-0.1, -0.05) is 6.07 Å². The van der Waals surface area contributed by atoms with Crippen molar-refractivity contribution in [2.45, 2.75) is 6.54 Å². The van der Waals surface area contributed by atoms with E-state index >= 15 is 0 Å². The molecular formula is C8H10INO. The molecule has 0 saturated carbocycles. The number of hydrogen-bond acceptors (Lipinski definition) is 2. The minimum absolute atomic E-state index is 0.586. The van der Waals surface area contributed by atoms with Crippen molar-refractivity contribution in [1.82, 2.24) is 0 Å². The Bertz CT molecular complexity index is 250. The second-order valence-corrected chi connectivity index (χ2v) is 3.32. The maximum Gasteiger partial charge on any atom is 0.119 e. The van der Waals surface area contributed by atoms with Gasteiger partial charge in [0.2, 0.25) is 0 Å². The summed E-state index contributed by atoms with van der Waals surface area (Å²) in [7, 11) is 1.66. The number of halogens is 1. The highest BCUT2D eigenvalue weighted by Crippen LogP contribution is 2.18. The molecular weight excluding hydrogens is 253 g/mol. The Labute approximate surface area is 79.9 Å². The van der Waals surface area contributed by atoms with Crippen LogP contribution in [0.1, 0.15) is 5.56 Å². The third-order valence-corrected chi connectivity index (χ3v) is 2.48. The van der Waals surface area contributed by atoms with Gasteiger partial charge in [-0.3, -0.25) is 0 Å². The van der Waals surface area contributed by atoms with E-state index in [4.69, 9.17) is 10.5 Å². The minimum atomic E-state index is 0.586. The van der Waals surface area contributed by atoms with E-state index in [1.807, 2.05) is 18.2 Å². The molecule has 0 unspecified atom stereocenters. The monoisotopic (exact) mass is 263 g/mol. The van der Waals surface area contributed by atoms with Gasteiger partial charge in [-0.05, 0) is 40.3 Å². The van der Waals surface area contributed by atoms with Gasteiger partial charge in [0.1, 0.15) is 5.75 Å². The maximum atomic E-state index is 5.50. The van der Waals surface area contributed by atoms with Gasteiger partial charge >= 0.3 is 0 Å². The highest BCUT2D eigenvalue weighted by Gasteiger charge is 1.98. The van der Waals surface area contributed by atoms with Crippen molar-refractivity contribution in [3.63, 3.8) is 0 Å². The largest absolute Gasteiger partial charge is 0.497 e. The zero-order chi connectivity index (χ0) is 8.27. The van der Waals surface area contributed by atoms with Crippen LogP contribution in [0.2, 0.25) is 0 Å². The first-order chi connectivity index (χ1) is 5.27. The molecule has 1 aromatic rings. The molecule has 0 spiro atoms. The van der Waals surface area contributed by atoms with Crippen LogP contribution in [0.3, 0.4) is 0 Å². The standard InChI is InChI=1S/C8H10INO/c1-11-7-3-2-6(5-10)8(9)4-7/h2-4H,5,10H2,1H3. The van der Waals surface area contributed by atoms with Crippen LogP contribution in [0.15, 0.2) is 18.2 Å². The lowest BCUT2D eigenvalue weighted by Crippen LogP contribution is -1.98. The normalized spacial score (nSPS) is 9.73. The van der Waals surface area contributed by atoms with E-state index in [1.54, 1.807) is 7.11 Å². The Morgan fingerprint density at radius 1 is 1.55 bits per heavy atom. The lowest BCUT2D eigenvalue weighted by atomic mass is 10.2. The van der Waals surface area contributed by atoms with Crippen LogP contribution >= 0.6 is 22.6 Å². The van der Waals surface area contributed by atoms with Crippen LogP contribution < -0.4 is 10.5 Å². The van der Waals surface area contributed by atoms with Crippen LogP contribution in [0.5, 0.6) is 5.75 Å². The number of benzene rings is 1. The Hall–Kier alpha value is -0.290. The molecule has 0 aliphatic carbocycles. The molecule has 1 aromatic carbocycles. The zero-order valence-electron chi connectivity index (χ0n) is 6.30. The summed E-state index contributed by atoms with van der Waals surface area (Å²) in [6.45, 7) is 0.586. The molecule has 0 saturated heterocycles. The number of ether oxygens (including phenoxy) is 1. The third kappa shape index (κ3) is 2.07. The van der Waals surface area contributed by atoms with Gasteiger partial charge in [0.25, 0.3) is 0 Å². The van der Waals surface area contributed by atoms with Gasteiger partial charge in [-0.15, -0.1) is 0 Å². The average Bonchev–Trinajstić information content (AvgIpc) is 2.04. The lowest BCUT2D eigenvalue weighted by molar-refractivity contribution is 0.414. The first kappa shape index (κ1) is 8.80. The quantitative estimate of drug-likeness (QED) is 0.825. The smallest absolute Gasteiger partial charge is 0.119 e. The Morgan fingerprint density at radius 2 is 2.27 bits per heavy atom. The second-order valence-electron chi connectivity index (χ2n) is 2.16. The summed E-state index contributed by atoms with van der Waals surface area (Å²) in [4.78, 5) is 0. The highest BCUT2D eigenvalue weighted by atomic mass is 127. The van der Waals surface area contributed by atoms with E-state index < -0.39 is 0 Å². The average molecular weight is 263 g/mol. The van der Waals surface area contributed by atoms with Crippen molar-refractivity contribution in [1.29, 1.82) is 0 Å². The van der Waals surface area contributed by atoms with Crippen molar-refractivity contribution in [2.75, 3.05) is 7.11 Å². The van der Waals surface area contributed by atoms with E-state index in [9.17, 15) is 0 Å². The summed E-state index contributed by atoms with van der Waals surface area (Å²) >= 11 is 2.25. The number of methoxy groups -OCH3 is 1. The SMILES string of the molecule is COc1ccc(CN)c(I)c1. The fourth-order valence-electron chi connectivity index (χ4n) is 0.821. The van der Waals surface area contributed by atoms with Crippen molar-refractivity contribution < 1.29 is 4.74 Å². The second kappa shape index (κ2) is 3.92. The van der Waals surface area contributed by atoms with Crippen LogP contribution in [0.25, 0.3) is 0 Å². The van der Waals surface area contributed by atoms with E-state index in [1.165, 1.54) is 0 Å². The van der Waals surface area contributed by atoms with E-state index in [-0.39, 0.29) is 0 Å². The Balaban J connectivity index is 2.99. The number of hydrogen-bond donors (Lipinski definition) is 1. The summed E-state index contributed by atoms with van der Waals surface area (Å²) < 4.78 is 6.21. The van der Waals surface area contributed by atoms with Crippen molar-refractivity contribution in [3.05, 3.63) is 27.3 Å². The fourth-order valence-corrected chi connectivity index (χ4v) is 1.53. The first-order valence-corrected chi connectivity index (χ1v) is 4.38. The highest BCUT2D eigenvalue weighted by molar-refractivity contribution is 14.1. The Morgan fingerprint density at radius 3 is 2.73 bits per heavy atom. The van der Waals surface area contributed by atoms with Crippen molar-refractivity contribution in [2.24, 2.45) is 5.73 Å². The first-order valence-electron chi connectivity index (χ1n) is 3.30. The molecule has 3 heteroatoms. The topological polar surface area (TPSA) is 35.2 Å². The summed E-state index contributed by atoms with van der Waals surface area (Å²) in [6.07, 6.45) is 0. The van der Waals surface area contributed by atoms with Gasteiger partial charge < -0.3 is 10.5 Å². The molecule has 1 rings (SSSR count). The number of rotatable bonds is 2. The van der Waals surface area contributed by atoms with Crippen molar-refractivity contribution in [3.8, 4) is 5.75 Å². The molecule has 0 aliphatic rings. The summed E-state index contributed by atoms with van der Waals surface area (Å²) in [5.74, 6) is 0.881. The van der Waals surface area contributed by atoms with Crippen molar-refractivity contribution >= 4 is 22.6 Å². The predicted octanol–water partition coefficient (Wildman–Crippen LogP) is 1.76. The predicted molar refractivity (Wildman–Crippen MR) is 53.6 cm³/mol. The molecule has 0 aromatic heterocycles. The van der Waals surface area contributed by atoms with Gasteiger partial charge in [0.05, 0.1) is 7.11 Å². The van der Waals surface area contributed by atoms with Gasteiger partial charge in [-0.2, -0.15) is 0 Å². The van der Waals surface area contributed by atoms with Gasteiger partial charge in [-0.25, -0.2) is 0 Å². The summed E-state index contributed by atoms with van der Waals surface area (Å²) in [6, 6.07) is 5.88. The zero-order valence-corrected chi connectivity index (χ0v) is 8.46. The van der Waals surface area contributed by atoms with Crippen LogP contribution in [0, 0.1) is 3.57 Å². The van der Waals surface area contributed by atoms with E-state index in [0.29, 0.717) is 6.54 Å². The van der Waals surface area contributed by atoms with Gasteiger partial charge in [0, 0.05) is 10.1 Å². The van der Waals surface area contributed by atoms with Gasteiger partial charge in [0.15, 0.2) is 0 Å². The minimum Gasteiger partial charge on any atom is -0.497 e. The fraction of sp³-hybridized carbons (Fsp3) is 0.250. The molecule has 0 aliphatic heterocycles. The molecule has 0 amide bonds. The number of nitrogens with two attached hydrogens (primary N) is 1. The molecule has 60 valence electrons. The van der Waals surface area contributed by atoms with E-state index in [0.717, 1.165) is 14.9 Å². The molecule has 0 bridgehead atoms. The summed E-state index contributed by atoms with van der Waals surface area (Å²) in [5, 5.41) is 0. The molecule has 0 radical (unpaired) electrons. The maximum absolute atomic E-state index is 5.50. The molecule has 2 N–H and O–H groups in total. The Kier molecular flexibility index (Phi) is 3.14. The molecule has 2 nitrogen and oxygen atoms in total. The third-order valence-electron chi connectivity index (χ3n) is 1.48. The van der Waals surface area contributed by atoms with E-state index in [2.05, 4.69) is 22.6 Å². The van der Waals surface area contributed by atoms with Crippen LogP contribution in [-0.2, 0) is 6.54 Å². The van der Waals surface area contributed by atoms with Crippen LogP contribution in [0.4, 0.5) is 0 Å². The summed E-state index contributed by atoms with van der Waals surface area (Å²) in [5.41, 5.74) is 6.66. The molecule has 0 heterocycles. The van der Waals surface area contributed by atoms with Crippen LogP contribution in [-0.4, -0.2) is 7.11 Å². The molecule has 11 heavy (non-hydrogen) atoms. The molecule has 0 atom stereocenters. The lowest BCUT2D eigenvalue weighted by Gasteiger charge is -2.03. The molecule has 0 fully saturated rings.